The number of amides is 1. The van der Waals surface area contributed by atoms with Crippen molar-refractivity contribution in [2.75, 3.05) is 7.11 Å². The molecule has 0 aliphatic carbocycles. The highest BCUT2D eigenvalue weighted by Gasteiger charge is 2.20. The topological polar surface area (TPSA) is 69.0 Å². The number of aryl methyl sites for hydroxylation is 1. The summed E-state index contributed by atoms with van der Waals surface area (Å²) in [5.41, 5.74) is 2.17. The first-order valence-corrected chi connectivity index (χ1v) is 10.5. The number of aromatic nitrogens is 3. The lowest BCUT2D eigenvalue weighted by molar-refractivity contribution is -0.120. The number of carbonyl (C=O) groups excluding carboxylic acids is 1. The van der Waals surface area contributed by atoms with Gasteiger partial charge < -0.3 is 10.1 Å². The van der Waals surface area contributed by atoms with E-state index in [1.54, 1.807) is 13.4 Å². The number of nitrogens with zero attached hydrogens (tertiary/aromatic N) is 3. The van der Waals surface area contributed by atoms with Crippen LogP contribution in [0.5, 0.6) is 5.75 Å². The Labute approximate surface area is 175 Å². The van der Waals surface area contributed by atoms with Crippen molar-refractivity contribution in [3.63, 3.8) is 0 Å². The van der Waals surface area contributed by atoms with Crippen LogP contribution in [0.4, 0.5) is 0 Å². The van der Waals surface area contributed by atoms with Crippen LogP contribution in [0.3, 0.4) is 0 Å². The molecule has 6 nitrogen and oxygen atoms in total. The standard InChI is InChI=1S/C22H26N4O2S/c1-16(12-13-18-8-5-4-6-9-18)24-21(27)17(2)29-22-25-23-15-26(22)19-10-7-11-20(14-19)28-3/h4-11,14-17H,12-13H2,1-3H3,(H,24,27)/t16-,17-/m0/s1. The van der Waals surface area contributed by atoms with E-state index in [0.717, 1.165) is 24.3 Å². The fourth-order valence-corrected chi connectivity index (χ4v) is 3.77. The summed E-state index contributed by atoms with van der Waals surface area (Å²) in [5.74, 6) is 0.751. The molecule has 0 unspecified atom stereocenters. The van der Waals surface area contributed by atoms with Gasteiger partial charge in [-0.2, -0.15) is 0 Å². The van der Waals surface area contributed by atoms with Crippen molar-refractivity contribution in [2.24, 2.45) is 0 Å². The van der Waals surface area contributed by atoms with Gasteiger partial charge >= 0.3 is 0 Å². The quantitative estimate of drug-likeness (QED) is 0.542. The summed E-state index contributed by atoms with van der Waals surface area (Å²) in [7, 11) is 1.63. The predicted octanol–water partition coefficient (Wildman–Crippen LogP) is 3.89. The van der Waals surface area contributed by atoms with Crippen molar-refractivity contribution in [1.82, 2.24) is 20.1 Å². The van der Waals surface area contributed by atoms with Crippen LogP contribution in [0.2, 0.25) is 0 Å². The average molecular weight is 411 g/mol. The summed E-state index contributed by atoms with van der Waals surface area (Å²) in [6.45, 7) is 3.92. The molecule has 3 aromatic rings. The van der Waals surface area contributed by atoms with Crippen LogP contribution in [0.15, 0.2) is 66.1 Å². The van der Waals surface area contributed by atoms with Crippen LogP contribution in [0, 0.1) is 0 Å². The SMILES string of the molecule is COc1cccc(-n2cnnc2S[C@@H](C)C(=O)N[C@@H](C)CCc2ccccc2)c1. The Hall–Kier alpha value is -2.80. The van der Waals surface area contributed by atoms with Crippen LogP contribution in [0.1, 0.15) is 25.8 Å². The zero-order chi connectivity index (χ0) is 20.6. The van der Waals surface area contributed by atoms with Gasteiger partial charge in [-0.05, 0) is 44.4 Å². The van der Waals surface area contributed by atoms with Gasteiger partial charge in [-0.25, -0.2) is 0 Å². The second-order valence-corrected chi connectivity index (χ2v) is 8.19. The maximum Gasteiger partial charge on any atom is 0.233 e. The third kappa shape index (κ3) is 5.84. The van der Waals surface area contributed by atoms with E-state index in [9.17, 15) is 4.79 Å². The number of rotatable bonds is 9. The van der Waals surface area contributed by atoms with Crippen molar-refractivity contribution >= 4 is 17.7 Å². The van der Waals surface area contributed by atoms with E-state index in [1.807, 2.05) is 60.9 Å². The number of thioether (sulfide) groups is 1. The van der Waals surface area contributed by atoms with E-state index in [1.165, 1.54) is 17.3 Å². The number of hydrogen-bond donors (Lipinski definition) is 1. The van der Waals surface area contributed by atoms with Gasteiger partial charge in [0.05, 0.1) is 18.0 Å². The summed E-state index contributed by atoms with van der Waals surface area (Å²) in [4.78, 5) is 12.6. The number of ether oxygens (including phenoxy) is 1. The molecule has 0 aliphatic rings. The van der Waals surface area contributed by atoms with Gasteiger partial charge in [-0.1, -0.05) is 48.2 Å². The van der Waals surface area contributed by atoms with E-state index < -0.39 is 0 Å². The van der Waals surface area contributed by atoms with Crippen LogP contribution < -0.4 is 10.1 Å². The minimum Gasteiger partial charge on any atom is -0.497 e. The highest BCUT2D eigenvalue weighted by Crippen LogP contribution is 2.25. The third-order valence-electron chi connectivity index (χ3n) is 4.60. The van der Waals surface area contributed by atoms with Crippen molar-refractivity contribution in [1.29, 1.82) is 0 Å². The first-order chi connectivity index (χ1) is 14.1. The average Bonchev–Trinajstić information content (AvgIpc) is 3.21. The second-order valence-electron chi connectivity index (χ2n) is 6.88. The van der Waals surface area contributed by atoms with E-state index in [0.29, 0.717) is 5.16 Å². The Balaban J connectivity index is 1.56. The van der Waals surface area contributed by atoms with Gasteiger partial charge in [0.2, 0.25) is 5.91 Å². The molecule has 0 saturated heterocycles. The Morgan fingerprint density at radius 2 is 1.97 bits per heavy atom. The monoisotopic (exact) mass is 410 g/mol. The third-order valence-corrected chi connectivity index (χ3v) is 5.65. The Morgan fingerprint density at radius 1 is 1.17 bits per heavy atom. The molecular weight excluding hydrogens is 384 g/mol. The fourth-order valence-electron chi connectivity index (χ4n) is 2.91. The molecule has 152 valence electrons. The van der Waals surface area contributed by atoms with Crippen molar-refractivity contribution < 1.29 is 9.53 Å². The molecule has 1 amide bonds. The van der Waals surface area contributed by atoms with Gasteiger partial charge in [-0.3, -0.25) is 9.36 Å². The Bertz CT molecular complexity index is 929. The van der Waals surface area contributed by atoms with Gasteiger partial charge in [0.25, 0.3) is 0 Å². The number of carbonyl (C=O) groups is 1. The molecule has 1 aromatic heterocycles. The maximum absolute atomic E-state index is 12.6. The van der Waals surface area contributed by atoms with Crippen molar-refractivity contribution in [2.45, 2.75) is 43.1 Å². The first kappa shape index (κ1) is 20.9. The van der Waals surface area contributed by atoms with Crippen LogP contribution in [-0.2, 0) is 11.2 Å². The molecule has 0 bridgehead atoms. The first-order valence-electron chi connectivity index (χ1n) is 9.62. The van der Waals surface area contributed by atoms with Crippen LogP contribution in [0.25, 0.3) is 5.69 Å². The molecule has 1 N–H and O–H groups in total. The highest BCUT2D eigenvalue weighted by atomic mass is 32.2. The molecule has 0 radical (unpaired) electrons. The van der Waals surface area contributed by atoms with Gasteiger partial charge in [-0.15, -0.1) is 10.2 Å². The number of hydrogen-bond acceptors (Lipinski definition) is 5. The normalized spacial score (nSPS) is 12.9. The summed E-state index contributed by atoms with van der Waals surface area (Å²) >= 11 is 1.39. The summed E-state index contributed by atoms with van der Waals surface area (Å²) in [6, 6.07) is 18.1. The van der Waals surface area contributed by atoms with Gasteiger partial charge in [0.1, 0.15) is 12.1 Å². The smallest absolute Gasteiger partial charge is 0.233 e. The lowest BCUT2D eigenvalue weighted by atomic mass is 10.1. The summed E-state index contributed by atoms with van der Waals surface area (Å²) < 4.78 is 7.14. The Morgan fingerprint density at radius 3 is 2.72 bits per heavy atom. The van der Waals surface area contributed by atoms with Crippen molar-refractivity contribution in [3.8, 4) is 11.4 Å². The molecule has 3 rings (SSSR count). The molecule has 2 aromatic carbocycles. The second kappa shape index (κ2) is 10.1. The minimum absolute atomic E-state index is 0.00393. The molecule has 29 heavy (non-hydrogen) atoms. The lowest BCUT2D eigenvalue weighted by Crippen LogP contribution is -2.38. The van der Waals surface area contributed by atoms with E-state index >= 15 is 0 Å². The number of nitrogens with one attached hydrogen (secondary N) is 1. The molecule has 0 spiro atoms. The zero-order valence-electron chi connectivity index (χ0n) is 16.9. The largest absolute Gasteiger partial charge is 0.497 e. The van der Waals surface area contributed by atoms with E-state index in [-0.39, 0.29) is 17.2 Å². The van der Waals surface area contributed by atoms with Crippen molar-refractivity contribution in [3.05, 3.63) is 66.5 Å². The molecule has 7 heteroatoms. The molecule has 0 saturated carbocycles. The molecule has 0 fully saturated rings. The summed E-state index contributed by atoms with van der Waals surface area (Å²) in [5, 5.41) is 11.7. The zero-order valence-corrected chi connectivity index (χ0v) is 17.7. The number of benzene rings is 2. The fraction of sp³-hybridized carbons (Fsp3) is 0.318. The molecule has 1 heterocycles. The van der Waals surface area contributed by atoms with E-state index in [2.05, 4.69) is 27.6 Å². The van der Waals surface area contributed by atoms with Gasteiger partial charge in [0.15, 0.2) is 5.16 Å². The summed E-state index contributed by atoms with van der Waals surface area (Å²) in [6.07, 6.45) is 3.48. The minimum atomic E-state index is -0.289. The number of methoxy groups -OCH3 is 1. The lowest BCUT2D eigenvalue weighted by Gasteiger charge is -2.17. The van der Waals surface area contributed by atoms with Crippen LogP contribution in [-0.4, -0.2) is 39.1 Å². The molecule has 0 aliphatic heterocycles. The highest BCUT2D eigenvalue weighted by molar-refractivity contribution is 8.00. The molecular formula is C22H26N4O2S. The Kier molecular flexibility index (Phi) is 7.30. The van der Waals surface area contributed by atoms with Gasteiger partial charge in [0, 0.05) is 12.1 Å². The predicted molar refractivity (Wildman–Crippen MR) is 116 cm³/mol. The van der Waals surface area contributed by atoms with Crippen LogP contribution >= 0.6 is 11.8 Å². The maximum atomic E-state index is 12.6. The molecule has 2 atom stereocenters. The van der Waals surface area contributed by atoms with E-state index in [4.69, 9.17) is 4.74 Å².